The van der Waals surface area contributed by atoms with E-state index in [1.54, 1.807) is 0 Å². The van der Waals surface area contributed by atoms with Gasteiger partial charge in [-0.1, -0.05) is 20.3 Å². The Balaban J connectivity index is 1.67. The lowest BCUT2D eigenvalue weighted by Crippen LogP contribution is -2.38. The van der Waals surface area contributed by atoms with E-state index >= 15 is 0 Å². The van der Waals surface area contributed by atoms with Gasteiger partial charge in [-0.2, -0.15) is 11.8 Å². The summed E-state index contributed by atoms with van der Waals surface area (Å²) in [5.41, 5.74) is 0. The largest absolute Gasteiger partial charge is 0.310 e. The molecule has 0 bridgehead atoms. The SMILES string of the molecule is CC(C)NC1CCN(CC2CCCCS2)C1. The highest BCUT2D eigenvalue weighted by Crippen LogP contribution is 2.26. The third-order valence-corrected chi connectivity index (χ3v) is 4.96. The lowest BCUT2D eigenvalue weighted by atomic mass is 10.2. The van der Waals surface area contributed by atoms with Gasteiger partial charge < -0.3 is 10.2 Å². The van der Waals surface area contributed by atoms with Crippen LogP contribution in [0.25, 0.3) is 0 Å². The molecule has 0 amide bonds. The molecule has 0 saturated carbocycles. The minimum atomic E-state index is 0.633. The molecular formula is C13H26N2S. The molecule has 0 aromatic carbocycles. The number of likely N-dealkylation sites (tertiary alicyclic amines) is 1. The van der Waals surface area contributed by atoms with Gasteiger partial charge in [-0.3, -0.25) is 0 Å². The minimum absolute atomic E-state index is 0.633. The van der Waals surface area contributed by atoms with E-state index in [4.69, 9.17) is 0 Å². The van der Waals surface area contributed by atoms with Crippen molar-refractivity contribution in [3.63, 3.8) is 0 Å². The molecule has 0 spiro atoms. The van der Waals surface area contributed by atoms with Gasteiger partial charge in [0.2, 0.25) is 0 Å². The lowest BCUT2D eigenvalue weighted by Gasteiger charge is -2.26. The summed E-state index contributed by atoms with van der Waals surface area (Å²) in [6, 6.07) is 1.38. The summed E-state index contributed by atoms with van der Waals surface area (Å²) in [5, 5.41) is 4.58. The number of nitrogens with zero attached hydrogens (tertiary/aromatic N) is 1. The summed E-state index contributed by atoms with van der Waals surface area (Å²) in [4.78, 5) is 2.67. The topological polar surface area (TPSA) is 15.3 Å². The second-order valence-electron chi connectivity index (χ2n) is 5.56. The normalized spacial score (nSPS) is 32.4. The van der Waals surface area contributed by atoms with Crippen LogP contribution in [0.5, 0.6) is 0 Å². The second kappa shape index (κ2) is 6.27. The summed E-state index contributed by atoms with van der Waals surface area (Å²) < 4.78 is 0. The maximum atomic E-state index is 3.66. The van der Waals surface area contributed by atoms with Crippen LogP contribution in [0.2, 0.25) is 0 Å². The van der Waals surface area contributed by atoms with Crippen molar-refractivity contribution in [2.24, 2.45) is 0 Å². The van der Waals surface area contributed by atoms with Crippen LogP contribution < -0.4 is 5.32 Å². The molecule has 2 nitrogen and oxygen atoms in total. The highest BCUT2D eigenvalue weighted by atomic mass is 32.2. The molecule has 2 rings (SSSR count). The zero-order valence-electron chi connectivity index (χ0n) is 10.7. The molecule has 2 unspecified atom stereocenters. The summed E-state index contributed by atoms with van der Waals surface area (Å²) in [6.07, 6.45) is 5.69. The van der Waals surface area contributed by atoms with E-state index < -0.39 is 0 Å². The fourth-order valence-corrected chi connectivity index (χ4v) is 4.20. The summed E-state index contributed by atoms with van der Waals surface area (Å²) in [5.74, 6) is 1.40. The summed E-state index contributed by atoms with van der Waals surface area (Å²) >= 11 is 2.20. The van der Waals surface area contributed by atoms with E-state index in [2.05, 4.69) is 35.8 Å². The Bertz CT molecular complexity index is 202. The third-order valence-electron chi connectivity index (χ3n) is 3.58. The van der Waals surface area contributed by atoms with Crippen molar-refractivity contribution >= 4 is 11.8 Å². The third kappa shape index (κ3) is 3.94. The van der Waals surface area contributed by atoms with Crippen molar-refractivity contribution < 1.29 is 0 Å². The predicted molar refractivity (Wildman–Crippen MR) is 73.2 cm³/mol. The standard InChI is InChI=1S/C13H26N2S/c1-11(2)14-12-6-7-15(9-12)10-13-5-3-4-8-16-13/h11-14H,3-10H2,1-2H3. The zero-order valence-corrected chi connectivity index (χ0v) is 11.6. The first-order chi connectivity index (χ1) is 7.74. The number of thioether (sulfide) groups is 1. The van der Waals surface area contributed by atoms with Gasteiger partial charge in [0.15, 0.2) is 0 Å². The molecule has 2 heterocycles. The minimum Gasteiger partial charge on any atom is -0.310 e. The van der Waals surface area contributed by atoms with Crippen molar-refractivity contribution in [3.05, 3.63) is 0 Å². The molecule has 0 aromatic heterocycles. The van der Waals surface area contributed by atoms with Gasteiger partial charge in [-0.15, -0.1) is 0 Å². The Morgan fingerprint density at radius 1 is 1.31 bits per heavy atom. The quantitative estimate of drug-likeness (QED) is 0.814. The van der Waals surface area contributed by atoms with Crippen LogP contribution in [0, 0.1) is 0 Å². The van der Waals surface area contributed by atoms with E-state index in [1.165, 1.54) is 51.1 Å². The number of hydrogen-bond donors (Lipinski definition) is 1. The smallest absolute Gasteiger partial charge is 0.0209 e. The van der Waals surface area contributed by atoms with Crippen molar-refractivity contribution in [1.29, 1.82) is 0 Å². The fraction of sp³-hybridized carbons (Fsp3) is 1.00. The first-order valence-electron chi connectivity index (χ1n) is 6.84. The maximum Gasteiger partial charge on any atom is 0.0209 e. The predicted octanol–water partition coefficient (Wildman–Crippen LogP) is 2.34. The molecule has 0 aliphatic carbocycles. The highest BCUT2D eigenvalue weighted by molar-refractivity contribution is 7.99. The first-order valence-corrected chi connectivity index (χ1v) is 7.89. The van der Waals surface area contributed by atoms with E-state index in [1.807, 2.05) is 0 Å². The van der Waals surface area contributed by atoms with E-state index in [0.717, 1.165) is 11.3 Å². The zero-order chi connectivity index (χ0) is 11.4. The van der Waals surface area contributed by atoms with Crippen LogP contribution in [0.15, 0.2) is 0 Å². The number of rotatable bonds is 4. The molecule has 1 N–H and O–H groups in total. The van der Waals surface area contributed by atoms with Crippen LogP contribution in [-0.2, 0) is 0 Å². The molecule has 3 heteroatoms. The molecule has 2 fully saturated rings. The Hall–Kier alpha value is 0.270. The molecular weight excluding hydrogens is 216 g/mol. The Labute approximate surface area is 105 Å². The molecule has 0 aromatic rings. The van der Waals surface area contributed by atoms with Gasteiger partial charge in [0.05, 0.1) is 0 Å². The van der Waals surface area contributed by atoms with Crippen LogP contribution in [-0.4, -0.2) is 47.6 Å². The molecule has 94 valence electrons. The molecule has 2 aliphatic rings. The Morgan fingerprint density at radius 2 is 2.19 bits per heavy atom. The average molecular weight is 242 g/mol. The first kappa shape index (κ1) is 12.7. The van der Waals surface area contributed by atoms with E-state index in [9.17, 15) is 0 Å². The average Bonchev–Trinajstić information content (AvgIpc) is 2.66. The van der Waals surface area contributed by atoms with Crippen LogP contribution in [0.4, 0.5) is 0 Å². The fourth-order valence-electron chi connectivity index (χ4n) is 2.85. The lowest BCUT2D eigenvalue weighted by molar-refractivity contribution is 0.318. The van der Waals surface area contributed by atoms with Gasteiger partial charge in [0.1, 0.15) is 0 Å². The van der Waals surface area contributed by atoms with Crippen molar-refractivity contribution in [2.45, 2.75) is 56.9 Å². The molecule has 0 radical (unpaired) electrons. The molecule has 2 aliphatic heterocycles. The summed E-state index contributed by atoms with van der Waals surface area (Å²) in [6.45, 7) is 8.41. The number of nitrogens with one attached hydrogen (secondary N) is 1. The van der Waals surface area contributed by atoms with Crippen molar-refractivity contribution in [2.75, 3.05) is 25.4 Å². The van der Waals surface area contributed by atoms with Gasteiger partial charge >= 0.3 is 0 Å². The van der Waals surface area contributed by atoms with Crippen molar-refractivity contribution in [3.8, 4) is 0 Å². The van der Waals surface area contributed by atoms with Gasteiger partial charge in [0, 0.05) is 30.4 Å². The molecule has 2 atom stereocenters. The Kier molecular flexibility index (Phi) is 4.98. The number of hydrogen-bond acceptors (Lipinski definition) is 3. The molecule has 2 saturated heterocycles. The van der Waals surface area contributed by atoms with Gasteiger partial charge in [-0.25, -0.2) is 0 Å². The second-order valence-corrected chi connectivity index (χ2v) is 6.96. The van der Waals surface area contributed by atoms with Crippen molar-refractivity contribution in [1.82, 2.24) is 10.2 Å². The maximum absolute atomic E-state index is 3.66. The van der Waals surface area contributed by atoms with Crippen LogP contribution >= 0.6 is 11.8 Å². The van der Waals surface area contributed by atoms with Gasteiger partial charge in [-0.05, 0) is 31.6 Å². The monoisotopic (exact) mass is 242 g/mol. The van der Waals surface area contributed by atoms with Gasteiger partial charge in [0.25, 0.3) is 0 Å². The Morgan fingerprint density at radius 3 is 2.88 bits per heavy atom. The molecule has 16 heavy (non-hydrogen) atoms. The van der Waals surface area contributed by atoms with E-state index in [0.29, 0.717) is 6.04 Å². The van der Waals surface area contributed by atoms with Crippen LogP contribution in [0.1, 0.15) is 39.5 Å². The van der Waals surface area contributed by atoms with E-state index in [-0.39, 0.29) is 0 Å². The highest BCUT2D eigenvalue weighted by Gasteiger charge is 2.25. The summed E-state index contributed by atoms with van der Waals surface area (Å²) in [7, 11) is 0. The van der Waals surface area contributed by atoms with Crippen LogP contribution in [0.3, 0.4) is 0 Å².